The number of carbonyl (C=O) groups excluding carboxylic acids is 1. The molecule has 3 atom stereocenters. The molecule has 0 aliphatic rings. The van der Waals surface area contributed by atoms with E-state index in [0.29, 0.717) is 17.4 Å². The normalized spacial score (nSPS) is 14.4. The molecule has 57 heavy (non-hydrogen) atoms. The number of likely N-dealkylation sites (N-methyl/N-ethyl adjacent to an activating group) is 1. The van der Waals surface area contributed by atoms with Gasteiger partial charge in [0.1, 0.15) is 13.2 Å². The largest absolute Gasteiger partial charge is 0.756 e. The van der Waals surface area contributed by atoms with E-state index in [1.807, 2.05) is 27.2 Å². The summed E-state index contributed by atoms with van der Waals surface area (Å²) in [5, 5.41) is 13.8. The number of allylic oxidation sites excluding steroid dienone is 3. The maximum Gasteiger partial charge on any atom is 0.268 e. The van der Waals surface area contributed by atoms with E-state index in [4.69, 9.17) is 9.05 Å². The van der Waals surface area contributed by atoms with Crippen LogP contribution in [0.15, 0.2) is 24.3 Å². The summed E-state index contributed by atoms with van der Waals surface area (Å²) in [5.41, 5.74) is 0. The van der Waals surface area contributed by atoms with Gasteiger partial charge in [0, 0.05) is 6.42 Å². The molecule has 2 N–H and O–H groups in total. The Morgan fingerprint density at radius 1 is 0.596 bits per heavy atom. The number of carbonyl (C=O) groups is 1. The quantitative estimate of drug-likeness (QED) is 0.0274. The van der Waals surface area contributed by atoms with Crippen molar-refractivity contribution in [1.82, 2.24) is 5.32 Å². The van der Waals surface area contributed by atoms with Crippen LogP contribution in [0, 0.1) is 0 Å². The van der Waals surface area contributed by atoms with Crippen LogP contribution in [-0.2, 0) is 18.4 Å². The monoisotopic (exact) mass is 827 g/mol. The van der Waals surface area contributed by atoms with Crippen LogP contribution in [0.2, 0.25) is 0 Å². The number of hydrogen-bond acceptors (Lipinski definition) is 6. The van der Waals surface area contributed by atoms with E-state index in [2.05, 4.69) is 31.3 Å². The number of amides is 1. The highest BCUT2D eigenvalue weighted by Crippen LogP contribution is 2.38. The number of aliphatic hydroxyl groups is 1. The molecule has 0 heterocycles. The predicted octanol–water partition coefficient (Wildman–Crippen LogP) is 13.1. The second-order valence-electron chi connectivity index (χ2n) is 17.8. The molecule has 0 fully saturated rings. The third-order valence-electron chi connectivity index (χ3n) is 10.9. The average molecular weight is 827 g/mol. The Balaban J connectivity index is 4.37. The Hall–Kier alpha value is -1.02. The third-order valence-corrected chi connectivity index (χ3v) is 11.9. The molecule has 0 radical (unpaired) electrons. The van der Waals surface area contributed by atoms with Gasteiger partial charge >= 0.3 is 0 Å². The molecule has 0 aromatic carbocycles. The topological polar surface area (TPSA) is 108 Å². The van der Waals surface area contributed by atoms with Crippen molar-refractivity contribution in [2.45, 2.75) is 238 Å². The van der Waals surface area contributed by atoms with E-state index < -0.39 is 20.0 Å². The van der Waals surface area contributed by atoms with Crippen LogP contribution in [0.5, 0.6) is 0 Å². The molecule has 0 saturated carbocycles. The van der Waals surface area contributed by atoms with E-state index >= 15 is 0 Å². The number of rotatable bonds is 44. The maximum atomic E-state index is 12.9. The molecule has 9 heteroatoms. The van der Waals surface area contributed by atoms with Crippen LogP contribution in [-0.4, -0.2) is 68.5 Å². The maximum absolute atomic E-state index is 12.9. The van der Waals surface area contributed by atoms with Crippen LogP contribution in [0.4, 0.5) is 0 Å². The smallest absolute Gasteiger partial charge is 0.268 e. The van der Waals surface area contributed by atoms with Gasteiger partial charge in [-0.3, -0.25) is 9.36 Å². The first kappa shape index (κ1) is 56.0. The highest BCUT2D eigenvalue weighted by molar-refractivity contribution is 7.45. The molecule has 0 aromatic heterocycles. The molecule has 0 rings (SSSR count). The fraction of sp³-hybridized carbons (Fsp3) is 0.896. The summed E-state index contributed by atoms with van der Waals surface area (Å²) in [6.45, 7) is 4.64. The molecule has 3 unspecified atom stereocenters. The van der Waals surface area contributed by atoms with Gasteiger partial charge < -0.3 is 28.8 Å². The third kappa shape index (κ3) is 42.9. The Kier molecular flexibility index (Phi) is 39.7. The molecule has 0 aromatic rings. The zero-order valence-electron chi connectivity index (χ0n) is 38.3. The van der Waals surface area contributed by atoms with Crippen LogP contribution in [0.25, 0.3) is 0 Å². The van der Waals surface area contributed by atoms with Crippen LogP contribution < -0.4 is 10.2 Å². The minimum atomic E-state index is -4.59. The second-order valence-corrected chi connectivity index (χ2v) is 19.2. The fourth-order valence-electron chi connectivity index (χ4n) is 7.05. The predicted molar refractivity (Wildman–Crippen MR) is 242 cm³/mol. The molecule has 1 amide bonds. The summed E-state index contributed by atoms with van der Waals surface area (Å²) in [6, 6.07) is -0.898. The van der Waals surface area contributed by atoms with Gasteiger partial charge in [-0.25, -0.2) is 0 Å². The van der Waals surface area contributed by atoms with E-state index in [1.165, 1.54) is 167 Å². The molecular weight excluding hydrogens is 732 g/mol. The summed E-state index contributed by atoms with van der Waals surface area (Å²) in [5.74, 6) is -0.205. The number of quaternary nitrogens is 1. The number of nitrogens with zero attached hydrogens (tertiary/aromatic N) is 1. The first-order chi connectivity index (χ1) is 27.5. The summed E-state index contributed by atoms with van der Waals surface area (Å²) in [6.07, 6.45) is 48.0. The van der Waals surface area contributed by atoms with E-state index in [-0.39, 0.29) is 19.1 Å². The summed E-state index contributed by atoms with van der Waals surface area (Å²) >= 11 is 0. The molecule has 0 aliphatic carbocycles. The van der Waals surface area contributed by atoms with Gasteiger partial charge in [-0.2, -0.15) is 0 Å². The zero-order chi connectivity index (χ0) is 42.1. The number of phosphoric ester groups is 1. The van der Waals surface area contributed by atoms with Crippen molar-refractivity contribution in [2.24, 2.45) is 0 Å². The van der Waals surface area contributed by atoms with Gasteiger partial charge in [-0.05, 0) is 32.1 Å². The van der Waals surface area contributed by atoms with Gasteiger partial charge in [0.05, 0.1) is 39.9 Å². The van der Waals surface area contributed by atoms with Crippen molar-refractivity contribution in [2.75, 3.05) is 40.9 Å². The lowest BCUT2D eigenvalue weighted by atomic mass is 10.0. The summed E-state index contributed by atoms with van der Waals surface area (Å²) in [4.78, 5) is 25.3. The van der Waals surface area contributed by atoms with Crippen molar-refractivity contribution in [3.8, 4) is 0 Å². The van der Waals surface area contributed by atoms with E-state index in [0.717, 1.165) is 38.5 Å². The van der Waals surface area contributed by atoms with Gasteiger partial charge in [-0.15, -0.1) is 0 Å². The molecule has 0 saturated heterocycles. The fourth-order valence-corrected chi connectivity index (χ4v) is 7.77. The average Bonchev–Trinajstić information content (AvgIpc) is 3.16. The lowest BCUT2D eigenvalue weighted by molar-refractivity contribution is -0.870. The van der Waals surface area contributed by atoms with Gasteiger partial charge in [0.15, 0.2) is 0 Å². The van der Waals surface area contributed by atoms with Crippen molar-refractivity contribution < 1.29 is 32.9 Å². The number of phosphoric acid groups is 1. The lowest BCUT2D eigenvalue weighted by Crippen LogP contribution is -2.45. The summed E-state index contributed by atoms with van der Waals surface area (Å²) in [7, 11) is 1.25. The van der Waals surface area contributed by atoms with Crippen molar-refractivity contribution >= 4 is 13.7 Å². The number of unbranched alkanes of at least 4 members (excludes halogenated alkanes) is 29. The lowest BCUT2D eigenvalue weighted by Gasteiger charge is -2.29. The SMILES string of the molecule is CCCCCCCCCCCCCCCCC/C=C/CC/C=C/C(O)C(COP(=O)([O-])OCC[N+](C)(C)C)NC(=O)CCCCCCCCCCCCCCCC. The standard InChI is InChI=1S/C48H95N2O6P/c1-6-8-10-12-14-16-18-20-22-23-24-25-26-27-28-29-31-33-35-37-39-41-47(51)46(45-56-57(53,54)55-44-43-50(3,4)5)49-48(52)42-40-38-36-34-32-30-21-19-17-15-13-11-9-7-2/h31,33,39,41,46-47,51H,6-30,32,34-38,40,42-45H2,1-5H3,(H-,49,52,53,54)/b33-31+,41-39+. The minimum Gasteiger partial charge on any atom is -0.756 e. The van der Waals surface area contributed by atoms with Crippen LogP contribution in [0.1, 0.15) is 226 Å². The Bertz CT molecular complexity index is 984. The number of nitrogens with one attached hydrogen (secondary N) is 1. The highest BCUT2D eigenvalue weighted by Gasteiger charge is 2.23. The summed E-state index contributed by atoms with van der Waals surface area (Å²) < 4.78 is 23.2. The van der Waals surface area contributed by atoms with E-state index in [1.54, 1.807) is 6.08 Å². The van der Waals surface area contributed by atoms with Gasteiger partial charge in [0.2, 0.25) is 5.91 Å². The molecule has 0 spiro atoms. The van der Waals surface area contributed by atoms with Gasteiger partial charge in [0.25, 0.3) is 7.82 Å². The molecule has 0 bridgehead atoms. The molecule has 8 nitrogen and oxygen atoms in total. The zero-order valence-corrected chi connectivity index (χ0v) is 39.2. The Labute approximate surface area is 354 Å². The second kappa shape index (κ2) is 40.4. The number of hydrogen-bond donors (Lipinski definition) is 2. The first-order valence-electron chi connectivity index (χ1n) is 24.2. The molecule has 338 valence electrons. The molecular formula is C48H95N2O6P. The van der Waals surface area contributed by atoms with Crippen LogP contribution >= 0.6 is 7.82 Å². The van der Waals surface area contributed by atoms with Gasteiger partial charge in [-0.1, -0.05) is 212 Å². The number of aliphatic hydroxyl groups excluding tert-OH is 1. The van der Waals surface area contributed by atoms with Crippen molar-refractivity contribution in [1.29, 1.82) is 0 Å². The Morgan fingerprint density at radius 3 is 1.42 bits per heavy atom. The van der Waals surface area contributed by atoms with Crippen molar-refractivity contribution in [3.05, 3.63) is 24.3 Å². The minimum absolute atomic E-state index is 0.00412. The van der Waals surface area contributed by atoms with Crippen molar-refractivity contribution in [3.63, 3.8) is 0 Å². The first-order valence-corrected chi connectivity index (χ1v) is 25.7. The Morgan fingerprint density at radius 2 is 0.982 bits per heavy atom. The molecule has 0 aliphatic heterocycles. The van der Waals surface area contributed by atoms with Crippen LogP contribution in [0.3, 0.4) is 0 Å². The van der Waals surface area contributed by atoms with E-state index in [9.17, 15) is 19.4 Å². The highest BCUT2D eigenvalue weighted by atomic mass is 31.2.